The normalized spacial score (nSPS) is 43.1. The minimum atomic E-state index is -1.43. The van der Waals surface area contributed by atoms with Crippen LogP contribution >= 0.6 is 0 Å². The van der Waals surface area contributed by atoms with Crippen LogP contribution in [0.5, 0.6) is 0 Å². The molecule has 13 heteroatoms. The molecule has 2 N–H and O–H groups in total. The van der Waals surface area contributed by atoms with Crippen molar-refractivity contribution < 1.29 is 62.6 Å². The van der Waals surface area contributed by atoms with E-state index in [9.17, 15) is 29.4 Å². The second-order valence-corrected chi connectivity index (χ2v) is 23.5. The van der Waals surface area contributed by atoms with E-state index < -0.39 is 91.4 Å². The molecule has 10 rings (SSSR count). The Kier molecular flexibility index (Phi) is 10.3. The Bertz CT molecular complexity index is 1790. The van der Waals surface area contributed by atoms with Crippen LogP contribution in [-0.4, -0.2) is 86.6 Å². The van der Waals surface area contributed by atoms with Crippen molar-refractivity contribution >= 4 is 29.8 Å². The van der Waals surface area contributed by atoms with E-state index in [-0.39, 0.29) is 62.7 Å². The minimum absolute atomic E-state index is 0.0293. The lowest BCUT2D eigenvalue weighted by molar-refractivity contribution is -0.259. The minimum Gasteiger partial charge on any atom is -0.459 e. The van der Waals surface area contributed by atoms with Crippen LogP contribution in [0, 0.1) is 39.4 Å². The van der Waals surface area contributed by atoms with Gasteiger partial charge in [-0.25, -0.2) is 0 Å². The van der Waals surface area contributed by atoms with Crippen LogP contribution in [0.15, 0.2) is 0 Å². The van der Waals surface area contributed by atoms with Gasteiger partial charge >= 0.3 is 29.8 Å². The highest BCUT2D eigenvalue weighted by atomic mass is 16.7. The van der Waals surface area contributed by atoms with Gasteiger partial charge in [0.1, 0.15) is 16.8 Å². The van der Waals surface area contributed by atoms with Crippen LogP contribution in [0.3, 0.4) is 0 Å². The van der Waals surface area contributed by atoms with E-state index in [0.29, 0.717) is 64.4 Å². The molecule has 0 spiro atoms. The lowest BCUT2D eigenvalue weighted by Gasteiger charge is -2.63. The highest BCUT2D eigenvalue weighted by Crippen LogP contribution is 2.66. The number of esters is 5. The van der Waals surface area contributed by atoms with Gasteiger partial charge in [-0.1, -0.05) is 6.92 Å². The van der Waals surface area contributed by atoms with Crippen molar-refractivity contribution in [2.24, 2.45) is 39.4 Å². The first kappa shape index (κ1) is 43.9. The molecule has 0 amide bonds. The predicted octanol–water partition coefficient (Wildman–Crippen LogP) is 6.94. The third-order valence-corrected chi connectivity index (χ3v) is 16.8. The number of ether oxygens (including phenoxy) is 6. The van der Waals surface area contributed by atoms with Gasteiger partial charge in [-0.3, -0.25) is 24.0 Å². The maximum atomic E-state index is 15.1. The molecule has 2 heterocycles. The Morgan fingerprint density at radius 2 is 1.33 bits per heavy atom. The summed E-state index contributed by atoms with van der Waals surface area (Å²) in [7, 11) is 0. The standard InChI is InChI=1S/C47H70O13/c1-9-40(6,35(50)60-47-21-31-15-43(26-47,25-45(54,18-31)28-47)37(52)56-33-12-10-11-13-55-33)24-41(7,23-38(2,3)34(49)58-42(8)22-32(48)57-39(42,4)5)36(51)59-46-19-29-14-30(20-46)17-44(53,16-29)27-46/h29-31,33,53-54H,9-28H2,1-8H3. The van der Waals surface area contributed by atoms with E-state index in [0.717, 1.165) is 19.3 Å². The highest BCUT2D eigenvalue weighted by molar-refractivity contribution is 5.84. The molecule has 8 bridgehead atoms. The molecule has 10 fully saturated rings. The van der Waals surface area contributed by atoms with Gasteiger partial charge in [-0.15, -0.1) is 0 Å². The van der Waals surface area contributed by atoms with Crippen molar-refractivity contribution in [3.05, 3.63) is 0 Å². The van der Waals surface area contributed by atoms with Crippen LogP contribution in [-0.2, 0) is 52.4 Å². The number of carbonyl (C=O) groups is 5. The van der Waals surface area contributed by atoms with Crippen molar-refractivity contribution in [3.8, 4) is 0 Å². The fourth-order valence-corrected chi connectivity index (χ4v) is 14.5. The Labute approximate surface area is 355 Å². The van der Waals surface area contributed by atoms with Crippen LogP contribution in [0.25, 0.3) is 0 Å². The molecule has 0 radical (unpaired) electrons. The van der Waals surface area contributed by atoms with E-state index in [2.05, 4.69) is 0 Å². The highest BCUT2D eigenvalue weighted by Gasteiger charge is 2.69. The third-order valence-electron chi connectivity index (χ3n) is 16.8. The second-order valence-electron chi connectivity index (χ2n) is 23.5. The monoisotopic (exact) mass is 842 g/mol. The summed E-state index contributed by atoms with van der Waals surface area (Å²) in [6.45, 7) is 14.4. The lowest BCUT2D eigenvalue weighted by Crippen LogP contribution is -2.67. The molecule has 10 unspecified atom stereocenters. The summed E-state index contributed by atoms with van der Waals surface area (Å²) in [5.41, 5.74) is -11.4. The van der Waals surface area contributed by atoms with Crippen molar-refractivity contribution in [1.29, 1.82) is 0 Å². The van der Waals surface area contributed by atoms with Crippen molar-refractivity contribution in [2.75, 3.05) is 6.61 Å². The summed E-state index contributed by atoms with van der Waals surface area (Å²) in [5, 5.41) is 23.5. The summed E-state index contributed by atoms with van der Waals surface area (Å²) in [6.07, 6.45) is 8.28. The largest absolute Gasteiger partial charge is 0.459 e. The molecular weight excluding hydrogens is 773 g/mol. The Hall–Kier alpha value is -2.77. The quantitative estimate of drug-likeness (QED) is 0.144. The maximum Gasteiger partial charge on any atom is 0.314 e. The lowest BCUT2D eigenvalue weighted by atomic mass is 9.46. The molecule has 60 heavy (non-hydrogen) atoms. The smallest absolute Gasteiger partial charge is 0.314 e. The number of cyclic esters (lactones) is 1. The zero-order valence-electron chi connectivity index (χ0n) is 37.3. The number of rotatable bonds is 13. The van der Waals surface area contributed by atoms with Crippen LogP contribution < -0.4 is 0 Å². The molecule has 2 saturated heterocycles. The summed E-state index contributed by atoms with van der Waals surface area (Å²) in [6, 6.07) is 0. The van der Waals surface area contributed by atoms with Crippen molar-refractivity contribution in [1.82, 2.24) is 0 Å². The maximum absolute atomic E-state index is 15.1. The van der Waals surface area contributed by atoms with Crippen LogP contribution in [0.2, 0.25) is 0 Å². The van der Waals surface area contributed by atoms with E-state index in [4.69, 9.17) is 28.4 Å². The Balaban J connectivity index is 1.06. The SMILES string of the molecule is CCC(C)(CC(C)(CC(C)(C)C(=O)OC1(C)CC(=O)OC1(C)C)C(=O)OC12CC3CC(CC(O)(C3)C1)C2)C(=O)OC12CC3CC(O)(C1)CC(C(=O)OC1CCCCO1)(C3)C2. The fraction of sp³-hybridized carbons (Fsp3) is 0.894. The van der Waals surface area contributed by atoms with Gasteiger partial charge < -0.3 is 38.6 Å². The average Bonchev–Trinajstić information content (AvgIpc) is 3.29. The van der Waals surface area contributed by atoms with Crippen LogP contribution in [0.1, 0.15) is 177 Å². The van der Waals surface area contributed by atoms with E-state index >= 15 is 4.79 Å². The number of hydrogen-bond donors (Lipinski definition) is 2. The van der Waals surface area contributed by atoms with E-state index in [1.807, 2.05) is 6.92 Å². The Morgan fingerprint density at radius 1 is 0.717 bits per heavy atom. The first-order valence-corrected chi connectivity index (χ1v) is 22.9. The second kappa shape index (κ2) is 14.1. The van der Waals surface area contributed by atoms with Gasteiger partial charge in [-0.05, 0) is 156 Å². The molecular formula is C47H70O13. The zero-order valence-corrected chi connectivity index (χ0v) is 37.3. The van der Waals surface area contributed by atoms with Crippen LogP contribution in [0.4, 0.5) is 0 Å². The molecule has 10 atom stereocenters. The number of aliphatic hydroxyl groups is 2. The molecule has 0 aromatic carbocycles. The third kappa shape index (κ3) is 7.70. The first-order valence-electron chi connectivity index (χ1n) is 22.9. The topological polar surface area (TPSA) is 181 Å². The van der Waals surface area contributed by atoms with Gasteiger partial charge in [0.2, 0.25) is 6.29 Å². The van der Waals surface area contributed by atoms with Crippen molar-refractivity contribution in [2.45, 2.75) is 217 Å². The summed E-state index contributed by atoms with van der Waals surface area (Å²) in [5.74, 6) is -2.09. The predicted molar refractivity (Wildman–Crippen MR) is 214 cm³/mol. The summed E-state index contributed by atoms with van der Waals surface area (Å²) >= 11 is 0. The van der Waals surface area contributed by atoms with Gasteiger partial charge in [0.15, 0.2) is 5.60 Å². The molecule has 8 saturated carbocycles. The van der Waals surface area contributed by atoms with Gasteiger partial charge in [-0.2, -0.15) is 0 Å². The molecule has 13 nitrogen and oxygen atoms in total. The van der Waals surface area contributed by atoms with E-state index in [1.54, 1.807) is 48.5 Å². The molecule has 2 aliphatic heterocycles. The molecule has 0 aromatic rings. The Morgan fingerprint density at radius 3 is 1.92 bits per heavy atom. The molecule has 336 valence electrons. The fourth-order valence-electron chi connectivity index (χ4n) is 14.5. The van der Waals surface area contributed by atoms with Gasteiger partial charge in [0.05, 0.1) is 45.9 Å². The average molecular weight is 843 g/mol. The van der Waals surface area contributed by atoms with Gasteiger partial charge in [0, 0.05) is 25.7 Å². The van der Waals surface area contributed by atoms with Gasteiger partial charge in [0.25, 0.3) is 0 Å². The molecule has 8 aliphatic carbocycles. The number of carbonyl (C=O) groups excluding carboxylic acids is 5. The zero-order chi connectivity index (χ0) is 43.6. The summed E-state index contributed by atoms with van der Waals surface area (Å²) in [4.78, 5) is 70.7. The summed E-state index contributed by atoms with van der Waals surface area (Å²) < 4.78 is 36.7. The molecule has 0 aromatic heterocycles. The number of hydrogen-bond acceptors (Lipinski definition) is 13. The molecule has 10 aliphatic rings. The first-order chi connectivity index (χ1) is 27.7. The van der Waals surface area contributed by atoms with Crippen molar-refractivity contribution in [3.63, 3.8) is 0 Å². The van der Waals surface area contributed by atoms with E-state index in [1.165, 1.54) is 0 Å².